The van der Waals surface area contributed by atoms with Crippen LogP contribution >= 0.6 is 0 Å². The lowest BCUT2D eigenvalue weighted by atomic mass is 10.1. The maximum atomic E-state index is 12.0. The molecule has 2 aromatic rings. The number of hydrogen-bond acceptors (Lipinski definition) is 6. The molecule has 0 bridgehead atoms. The summed E-state index contributed by atoms with van der Waals surface area (Å²) < 4.78 is 0. The van der Waals surface area contributed by atoms with E-state index in [-0.39, 0.29) is 6.42 Å². The monoisotopic (exact) mass is 336 g/mol. The highest BCUT2D eigenvalue weighted by Gasteiger charge is 2.25. The van der Waals surface area contributed by atoms with Gasteiger partial charge in [-0.3, -0.25) is 4.99 Å². The molecule has 0 aromatic heterocycles. The van der Waals surface area contributed by atoms with E-state index in [0.717, 1.165) is 5.56 Å². The van der Waals surface area contributed by atoms with Crippen LogP contribution in [0.15, 0.2) is 76.1 Å². The third-order valence-electron chi connectivity index (χ3n) is 3.61. The van der Waals surface area contributed by atoms with Gasteiger partial charge in [-0.1, -0.05) is 65.8 Å². The highest BCUT2D eigenvalue weighted by molar-refractivity contribution is 6.47. The summed E-state index contributed by atoms with van der Waals surface area (Å²) in [6, 6.07) is 18.3. The van der Waals surface area contributed by atoms with Gasteiger partial charge in [0, 0.05) is 5.56 Å². The number of carbonyl (C=O) groups is 1. The second-order valence-corrected chi connectivity index (χ2v) is 5.34. The summed E-state index contributed by atoms with van der Waals surface area (Å²) in [7, 11) is 0. The van der Waals surface area contributed by atoms with Gasteiger partial charge >= 0.3 is 5.97 Å². The minimum absolute atomic E-state index is 0.106. The smallest absolute Gasteiger partial charge is 0.317 e. The fourth-order valence-electron chi connectivity index (χ4n) is 2.42. The van der Waals surface area contributed by atoms with E-state index >= 15 is 0 Å². The quantitative estimate of drug-likeness (QED) is 0.351. The van der Waals surface area contributed by atoms with Gasteiger partial charge in [0.15, 0.2) is 11.5 Å². The minimum atomic E-state index is -0.496. The van der Waals surface area contributed by atoms with Crippen LogP contribution < -0.4 is 0 Å². The van der Waals surface area contributed by atoms with Gasteiger partial charge in [0.25, 0.3) is 0 Å². The summed E-state index contributed by atoms with van der Waals surface area (Å²) in [6.07, 6.45) is 0.106. The van der Waals surface area contributed by atoms with Gasteiger partial charge in [0.05, 0.1) is 24.8 Å². The number of nitroso groups, excluding NO2 is 1. The van der Waals surface area contributed by atoms with Gasteiger partial charge in [-0.2, -0.15) is 0 Å². The largest absolute Gasteiger partial charge is 0.339 e. The maximum Gasteiger partial charge on any atom is 0.339 e. The van der Waals surface area contributed by atoms with Crippen molar-refractivity contribution < 1.29 is 9.63 Å². The van der Waals surface area contributed by atoms with Gasteiger partial charge < -0.3 is 4.84 Å². The Bertz CT molecular complexity index is 804. The van der Waals surface area contributed by atoms with Crippen LogP contribution in [0.5, 0.6) is 0 Å². The molecule has 25 heavy (non-hydrogen) atoms. The summed E-state index contributed by atoms with van der Waals surface area (Å²) in [5.41, 5.74) is 1.82. The molecule has 0 saturated carbocycles. The van der Waals surface area contributed by atoms with Crippen molar-refractivity contribution in [1.29, 1.82) is 0 Å². The van der Waals surface area contributed by atoms with E-state index in [0.29, 0.717) is 30.2 Å². The van der Waals surface area contributed by atoms with Crippen LogP contribution in [0.2, 0.25) is 0 Å². The molecule has 0 unspecified atom stereocenters. The Balaban J connectivity index is 1.81. The van der Waals surface area contributed by atoms with Crippen molar-refractivity contribution in [2.45, 2.75) is 6.42 Å². The first-order chi connectivity index (χ1) is 12.3. The molecule has 7 nitrogen and oxygen atoms in total. The van der Waals surface area contributed by atoms with Crippen molar-refractivity contribution >= 4 is 17.5 Å². The number of rotatable bonds is 6. The molecule has 0 aliphatic carbocycles. The molecule has 0 N–H and O–H groups in total. The topological polar surface area (TPSA) is 83.7 Å². The van der Waals surface area contributed by atoms with Gasteiger partial charge in [-0.25, -0.2) is 9.80 Å². The Morgan fingerprint density at radius 2 is 1.76 bits per heavy atom. The van der Waals surface area contributed by atoms with Crippen LogP contribution in [0.3, 0.4) is 0 Å². The zero-order valence-corrected chi connectivity index (χ0v) is 13.4. The van der Waals surface area contributed by atoms with Crippen molar-refractivity contribution in [2.75, 3.05) is 13.1 Å². The van der Waals surface area contributed by atoms with Crippen LogP contribution in [0, 0.1) is 4.91 Å². The van der Waals surface area contributed by atoms with E-state index in [1.165, 1.54) is 5.01 Å². The highest BCUT2D eigenvalue weighted by atomic mass is 16.7. The lowest BCUT2D eigenvalue weighted by Crippen LogP contribution is -2.30. The number of aliphatic imine (C=N–C) groups is 1. The van der Waals surface area contributed by atoms with Gasteiger partial charge in [0.1, 0.15) is 0 Å². The van der Waals surface area contributed by atoms with Crippen molar-refractivity contribution in [3.8, 4) is 0 Å². The first kappa shape index (κ1) is 16.5. The van der Waals surface area contributed by atoms with Crippen molar-refractivity contribution in [3.05, 3.63) is 76.7 Å². The third-order valence-corrected chi connectivity index (χ3v) is 3.61. The van der Waals surface area contributed by atoms with Crippen molar-refractivity contribution in [2.24, 2.45) is 15.4 Å². The van der Waals surface area contributed by atoms with Crippen LogP contribution in [0.1, 0.15) is 11.1 Å². The Morgan fingerprint density at radius 3 is 2.44 bits per heavy atom. The zero-order valence-electron chi connectivity index (χ0n) is 13.4. The molecule has 0 atom stereocenters. The van der Waals surface area contributed by atoms with E-state index in [1.807, 2.05) is 48.5 Å². The summed E-state index contributed by atoms with van der Waals surface area (Å²) in [4.78, 5) is 32.3. The minimum Gasteiger partial charge on any atom is -0.317 e. The number of hydrogen-bond donors (Lipinski definition) is 0. The molecule has 0 amide bonds. The van der Waals surface area contributed by atoms with Crippen LogP contribution in [0.25, 0.3) is 0 Å². The van der Waals surface area contributed by atoms with Crippen LogP contribution in [-0.2, 0) is 16.1 Å². The normalized spacial score (nSPS) is 14.2. The zero-order chi connectivity index (χ0) is 17.5. The Kier molecular flexibility index (Phi) is 5.26. The Hall–Kier alpha value is -3.35. The fraction of sp³-hybridized carbons (Fsp3) is 0.167. The van der Waals surface area contributed by atoms with Gasteiger partial charge in [-0.05, 0) is 5.56 Å². The summed E-state index contributed by atoms with van der Waals surface area (Å²) in [5, 5.41) is 8.11. The first-order valence-electron chi connectivity index (χ1n) is 7.81. The van der Waals surface area contributed by atoms with E-state index in [9.17, 15) is 9.70 Å². The van der Waals surface area contributed by atoms with Gasteiger partial charge in [0.2, 0.25) is 0 Å². The number of benzene rings is 2. The van der Waals surface area contributed by atoms with E-state index in [1.54, 1.807) is 12.1 Å². The molecular weight excluding hydrogens is 320 g/mol. The Morgan fingerprint density at radius 1 is 1.08 bits per heavy atom. The SMILES string of the molecule is O=NN1CCN=C1/C(=N\OC(=O)Cc1ccccc1)c1ccccc1. The molecule has 0 fully saturated rings. The summed E-state index contributed by atoms with van der Waals surface area (Å²) in [6.45, 7) is 0.813. The second kappa shape index (κ2) is 7.96. The Labute approximate surface area is 144 Å². The molecular formula is C18H16N4O3. The van der Waals surface area contributed by atoms with E-state index in [4.69, 9.17) is 4.84 Å². The molecule has 3 rings (SSSR count). The predicted molar refractivity (Wildman–Crippen MR) is 94.0 cm³/mol. The van der Waals surface area contributed by atoms with Crippen LogP contribution in [-0.4, -0.2) is 35.6 Å². The summed E-state index contributed by atoms with van der Waals surface area (Å²) in [5.74, 6) is -0.197. The van der Waals surface area contributed by atoms with Crippen molar-refractivity contribution in [3.63, 3.8) is 0 Å². The molecule has 2 aromatic carbocycles. The van der Waals surface area contributed by atoms with Gasteiger partial charge in [-0.15, -0.1) is 4.91 Å². The molecule has 0 radical (unpaired) electrons. The number of carbonyl (C=O) groups excluding carboxylic acids is 1. The molecule has 0 saturated heterocycles. The molecule has 1 heterocycles. The van der Waals surface area contributed by atoms with E-state index in [2.05, 4.69) is 15.4 Å². The average Bonchev–Trinajstić information content (AvgIpc) is 3.12. The second-order valence-electron chi connectivity index (χ2n) is 5.34. The number of amidine groups is 1. The van der Waals surface area contributed by atoms with Crippen LogP contribution in [0.4, 0.5) is 0 Å². The predicted octanol–water partition coefficient (Wildman–Crippen LogP) is 2.57. The molecule has 0 spiro atoms. The van der Waals surface area contributed by atoms with E-state index < -0.39 is 5.97 Å². The average molecular weight is 336 g/mol. The lowest BCUT2D eigenvalue weighted by molar-refractivity contribution is -0.142. The highest BCUT2D eigenvalue weighted by Crippen LogP contribution is 2.12. The fourth-order valence-corrected chi connectivity index (χ4v) is 2.42. The standard InChI is InChI=1S/C18H16N4O3/c23-16(13-14-7-3-1-4-8-14)25-20-17(15-9-5-2-6-10-15)18-19-11-12-22(18)21-24/h1-10H,11-13H2/b20-17-. The number of oxime groups is 1. The maximum absolute atomic E-state index is 12.0. The summed E-state index contributed by atoms with van der Waals surface area (Å²) >= 11 is 0. The molecule has 7 heteroatoms. The molecule has 126 valence electrons. The molecule has 1 aliphatic rings. The number of nitrogens with zero attached hydrogens (tertiary/aromatic N) is 4. The third kappa shape index (κ3) is 4.14. The van der Waals surface area contributed by atoms with Crippen molar-refractivity contribution in [1.82, 2.24) is 5.01 Å². The lowest BCUT2D eigenvalue weighted by Gasteiger charge is -2.12. The molecule has 1 aliphatic heterocycles. The first-order valence-corrected chi connectivity index (χ1v) is 7.81.